The van der Waals surface area contributed by atoms with E-state index in [-0.39, 0.29) is 12.5 Å². The van der Waals surface area contributed by atoms with Crippen molar-refractivity contribution in [3.05, 3.63) is 35.4 Å². The molecule has 21 heavy (non-hydrogen) atoms. The molecular weight excluding hydrogens is 266 g/mol. The third kappa shape index (κ3) is 4.87. The molecule has 0 spiro atoms. The number of rotatable bonds is 3. The summed E-state index contributed by atoms with van der Waals surface area (Å²) in [6.45, 7) is 3.66. The van der Waals surface area contributed by atoms with Crippen molar-refractivity contribution in [3.8, 4) is 11.8 Å². The van der Waals surface area contributed by atoms with Gasteiger partial charge >= 0.3 is 0 Å². The normalized spacial score (nSPS) is 16.1. The van der Waals surface area contributed by atoms with E-state index in [1.165, 1.54) is 0 Å². The molecule has 1 aliphatic rings. The number of nitrogens with one attached hydrogen (secondary N) is 1. The monoisotopic (exact) mass is 287 g/mol. The van der Waals surface area contributed by atoms with E-state index in [9.17, 15) is 4.79 Å². The van der Waals surface area contributed by atoms with Gasteiger partial charge in [-0.05, 0) is 31.3 Å². The van der Waals surface area contributed by atoms with Gasteiger partial charge in [-0.25, -0.2) is 5.01 Å². The lowest BCUT2D eigenvalue weighted by atomic mass is 10.1. The molecule has 2 rings (SSSR count). The fraction of sp³-hybridized carbons (Fsp3) is 0.438. The van der Waals surface area contributed by atoms with Gasteiger partial charge in [-0.15, -0.1) is 0 Å². The topological polar surface area (TPSA) is 55.8 Å². The van der Waals surface area contributed by atoms with Gasteiger partial charge in [0.25, 0.3) is 5.91 Å². The number of aliphatic hydroxyl groups is 1. The fourth-order valence-electron chi connectivity index (χ4n) is 2.05. The van der Waals surface area contributed by atoms with Crippen molar-refractivity contribution in [2.75, 3.05) is 39.8 Å². The van der Waals surface area contributed by atoms with Gasteiger partial charge in [0.15, 0.2) is 0 Å². The maximum absolute atomic E-state index is 12.1. The molecule has 0 saturated carbocycles. The van der Waals surface area contributed by atoms with Gasteiger partial charge in [-0.2, -0.15) is 0 Å². The SMILES string of the molecule is CN1CCN(NC(=O)c2ccc(C#CCCO)cc2)CC1. The number of hydrazine groups is 1. The first-order valence-corrected chi connectivity index (χ1v) is 7.13. The number of hydrogen-bond acceptors (Lipinski definition) is 4. The minimum absolute atomic E-state index is 0.0680. The van der Waals surface area contributed by atoms with Crippen LogP contribution in [0.2, 0.25) is 0 Å². The van der Waals surface area contributed by atoms with E-state index >= 15 is 0 Å². The number of nitrogens with zero attached hydrogens (tertiary/aromatic N) is 2. The number of aliphatic hydroxyl groups excluding tert-OH is 1. The molecule has 2 N–H and O–H groups in total. The lowest BCUT2D eigenvalue weighted by molar-refractivity contribution is 0.0662. The highest BCUT2D eigenvalue weighted by Crippen LogP contribution is 2.04. The second kappa shape index (κ2) is 7.79. The van der Waals surface area contributed by atoms with Crippen LogP contribution in [0.1, 0.15) is 22.3 Å². The largest absolute Gasteiger partial charge is 0.395 e. The van der Waals surface area contributed by atoms with Crippen LogP contribution < -0.4 is 5.43 Å². The first-order chi connectivity index (χ1) is 10.2. The van der Waals surface area contributed by atoms with Gasteiger partial charge < -0.3 is 10.0 Å². The summed E-state index contributed by atoms with van der Waals surface area (Å²) in [6.07, 6.45) is 0.464. The molecular formula is C16H21N3O2. The Balaban J connectivity index is 1.89. The summed E-state index contributed by atoms with van der Waals surface area (Å²) in [5.41, 5.74) is 4.40. The Kier molecular flexibility index (Phi) is 5.76. The van der Waals surface area contributed by atoms with Crippen LogP contribution in [0.3, 0.4) is 0 Å². The molecule has 0 aromatic heterocycles. The summed E-state index contributed by atoms with van der Waals surface area (Å²) in [7, 11) is 2.08. The third-order valence-electron chi connectivity index (χ3n) is 3.38. The number of carbonyl (C=O) groups is 1. The quantitative estimate of drug-likeness (QED) is 0.786. The van der Waals surface area contributed by atoms with Crippen molar-refractivity contribution < 1.29 is 9.90 Å². The molecule has 0 bridgehead atoms. The van der Waals surface area contributed by atoms with Crippen molar-refractivity contribution in [1.29, 1.82) is 0 Å². The first-order valence-electron chi connectivity index (χ1n) is 7.13. The van der Waals surface area contributed by atoms with Crippen molar-refractivity contribution in [2.24, 2.45) is 0 Å². The van der Waals surface area contributed by atoms with Gasteiger partial charge in [0.1, 0.15) is 0 Å². The fourth-order valence-corrected chi connectivity index (χ4v) is 2.05. The number of likely N-dealkylation sites (N-methyl/N-ethyl adjacent to an activating group) is 1. The average molecular weight is 287 g/mol. The van der Waals surface area contributed by atoms with Crippen LogP contribution in [0.5, 0.6) is 0 Å². The number of benzene rings is 1. The number of hydrogen-bond donors (Lipinski definition) is 2. The zero-order valence-corrected chi connectivity index (χ0v) is 12.3. The molecule has 1 saturated heterocycles. The maximum Gasteiger partial charge on any atom is 0.265 e. The molecule has 0 unspecified atom stereocenters. The minimum atomic E-state index is -0.0885. The summed E-state index contributed by atoms with van der Waals surface area (Å²) in [5.74, 6) is 5.71. The van der Waals surface area contributed by atoms with Crippen molar-refractivity contribution in [3.63, 3.8) is 0 Å². The zero-order valence-electron chi connectivity index (χ0n) is 12.3. The molecule has 0 radical (unpaired) electrons. The first kappa shape index (κ1) is 15.5. The molecule has 1 fully saturated rings. The molecule has 1 aromatic rings. The minimum Gasteiger partial charge on any atom is -0.395 e. The third-order valence-corrected chi connectivity index (χ3v) is 3.38. The summed E-state index contributed by atoms with van der Waals surface area (Å²) in [4.78, 5) is 14.4. The molecule has 1 aromatic carbocycles. The summed E-state index contributed by atoms with van der Waals surface area (Å²) in [5, 5.41) is 10.6. The molecule has 112 valence electrons. The predicted octanol–water partition coefficient (Wildman–Crippen LogP) is 0.313. The lowest BCUT2D eigenvalue weighted by Gasteiger charge is -2.32. The van der Waals surface area contributed by atoms with Gasteiger partial charge in [-0.1, -0.05) is 11.8 Å². The maximum atomic E-state index is 12.1. The molecule has 1 heterocycles. The standard InChI is InChI=1S/C16H21N3O2/c1-18-9-11-19(12-10-18)17-16(21)15-7-5-14(6-8-15)4-2-3-13-20/h5-8,20H,3,9-13H2,1H3,(H,17,21). The molecule has 5 nitrogen and oxygen atoms in total. The van der Waals surface area contributed by atoms with E-state index in [0.29, 0.717) is 12.0 Å². The van der Waals surface area contributed by atoms with Crippen LogP contribution in [0.4, 0.5) is 0 Å². The van der Waals surface area contributed by atoms with E-state index < -0.39 is 0 Å². The van der Waals surface area contributed by atoms with Gasteiger partial charge in [-0.3, -0.25) is 10.2 Å². The van der Waals surface area contributed by atoms with Crippen LogP contribution in [-0.4, -0.2) is 60.8 Å². The highest BCUT2D eigenvalue weighted by molar-refractivity contribution is 5.93. The van der Waals surface area contributed by atoms with E-state index in [2.05, 4.69) is 29.2 Å². The van der Waals surface area contributed by atoms with Crippen molar-refractivity contribution >= 4 is 5.91 Å². The summed E-state index contributed by atoms with van der Waals surface area (Å²) >= 11 is 0. The number of carbonyl (C=O) groups excluding carboxylic acids is 1. The average Bonchev–Trinajstić information content (AvgIpc) is 2.50. The smallest absolute Gasteiger partial charge is 0.265 e. The Morgan fingerprint density at radius 2 is 1.90 bits per heavy atom. The summed E-state index contributed by atoms with van der Waals surface area (Å²) in [6, 6.07) is 7.19. The van der Waals surface area contributed by atoms with E-state index in [1.807, 2.05) is 17.1 Å². The summed E-state index contributed by atoms with van der Waals surface area (Å²) < 4.78 is 0. The zero-order chi connectivity index (χ0) is 15.1. The van der Waals surface area contributed by atoms with Crippen LogP contribution in [-0.2, 0) is 0 Å². The van der Waals surface area contributed by atoms with Crippen LogP contribution in [0.25, 0.3) is 0 Å². The van der Waals surface area contributed by atoms with E-state index in [4.69, 9.17) is 5.11 Å². The second-order valence-corrected chi connectivity index (χ2v) is 5.08. The molecule has 1 aliphatic heterocycles. The predicted molar refractivity (Wildman–Crippen MR) is 81.6 cm³/mol. The lowest BCUT2D eigenvalue weighted by Crippen LogP contribution is -2.52. The highest BCUT2D eigenvalue weighted by Gasteiger charge is 2.16. The van der Waals surface area contributed by atoms with Crippen LogP contribution >= 0.6 is 0 Å². The van der Waals surface area contributed by atoms with Crippen molar-refractivity contribution in [1.82, 2.24) is 15.3 Å². The van der Waals surface area contributed by atoms with Gasteiger partial charge in [0.05, 0.1) is 6.61 Å². The van der Waals surface area contributed by atoms with E-state index in [0.717, 1.165) is 31.7 Å². The molecule has 0 aliphatic carbocycles. The molecule has 0 atom stereocenters. The number of piperazine rings is 1. The highest BCUT2D eigenvalue weighted by atomic mass is 16.2. The van der Waals surface area contributed by atoms with Crippen molar-refractivity contribution in [2.45, 2.75) is 6.42 Å². The molecule has 5 heteroatoms. The Morgan fingerprint density at radius 1 is 1.24 bits per heavy atom. The van der Waals surface area contributed by atoms with Crippen LogP contribution in [0.15, 0.2) is 24.3 Å². The Labute approximate surface area is 125 Å². The van der Waals surface area contributed by atoms with E-state index in [1.54, 1.807) is 12.1 Å². The Hall–Kier alpha value is -1.87. The van der Waals surface area contributed by atoms with Crippen LogP contribution in [0, 0.1) is 11.8 Å². The second-order valence-electron chi connectivity index (χ2n) is 5.08. The Bertz CT molecular complexity index is 523. The molecule has 1 amide bonds. The number of amides is 1. The van der Waals surface area contributed by atoms with Gasteiger partial charge in [0.2, 0.25) is 0 Å². The Morgan fingerprint density at radius 3 is 2.52 bits per heavy atom. The van der Waals surface area contributed by atoms with Gasteiger partial charge in [0, 0.05) is 43.7 Å².